The monoisotopic (exact) mass is 323 g/mol. The van der Waals surface area contributed by atoms with Crippen molar-refractivity contribution < 1.29 is 9.53 Å². The molecule has 1 fully saturated rings. The van der Waals surface area contributed by atoms with Crippen LogP contribution < -0.4 is 10.6 Å². The molecule has 1 heterocycles. The number of rotatable bonds is 5. The first-order chi connectivity index (χ1) is 10.2. The van der Waals surface area contributed by atoms with Crippen LogP contribution in [0, 0.1) is 16.7 Å². The highest BCUT2D eigenvalue weighted by Crippen LogP contribution is 2.28. The molecule has 0 bridgehead atoms. The Hall–Kier alpha value is -1.61. The second-order valence-corrected chi connectivity index (χ2v) is 5.55. The van der Waals surface area contributed by atoms with Gasteiger partial charge in [0.1, 0.15) is 0 Å². The quantitative estimate of drug-likeness (QED) is 0.865. The minimum Gasteiger partial charge on any atom is -0.384 e. The van der Waals surface area contributed by atoms with Crippen LogP contribution in [0.25, 0.3) is 0 Å². The molecule has 1 aliphatic heterocycles. The minimum absolute atomic E-state index is 0. The third-order valence-electron chi connectivity index (χ3n) is 4.01. The smallest absolute Gasteiger partial charge is 0.251 e. The van der Waals surface area contributed by atoms with Gasteiger partial charge in [-0.05, 0) is 50.2 Å². The molecule has 0 radical (unpaired) electrons. The molecule has 1 aromatic rings. The van der Waals surface area contributed by atoms with E-state index in [-0.39, 0.29) is 23.7 Å². The zero-order valence-corrected chi connectivity index (χ0v) is 13.5. The minimum atomic E-state index is -0.103. The van der Waals surface area contributed by atoms with Crippen molar-refractivity contribution >= 4 is 18.3 Å². The SMILES string of the molecule is COCC1(CNC(=O)c2ccc(C#N)cc2)CCNCC1.Cl. The Kier molecular flexibility index (Phi) is 7.33. The number of halogens is 1. The molecule has 120 valence electrons. The van der Waals surface area contributed by atoms with Crippen LogP contribution in [0.15, 0.2) is 24.3 Å². The van der Waals surface area contributed by atoms with Crippen LogP contribution in [0.2, 0.25) is 0 Å². The fourth-order valence-electron chi connectivity index (χ4n) is 2.70. The van der Waals surface area contributed by atoms with Crippen LogP contribution in [-0.2, 0) is 4.74 Å². The number of methoxy groups -OCH3 is 1. The molecule has 1 saturated heterocycles. The van der Waals surface area contributed by atoms with E-state index in [0.29, 0.717) is 24.3 Å². The van der Waals surface area contributed by atoms with Crippen LogP contribution in [0.4, 0.5) is 0 Å². The predicted molar refractivity (Wildman–Crippen MR) is 87.2 cm³/mol. The van der Waals surface area contributed by atoms with E-state index in [1.807, 2.05) is 6.07 Å². The average molecular weight is 324 g/mol. The van der Waals surface area contributed by atoms with Gasteiger partial charge >= 0.3 is 0 Å². The topological polar surface area (TPSA) is 74.1 Å². The Bertz CT molecular complexity index is 514. The van der Waals surface area contributed by atoms with Gasteiger partial charge in [0.05, 0.1) is 18.2 Å². The lowest BCUT2D eigenvalue weighted by Gasteiger charge is -2.37. The number of carbonyl (C=O) groups excluding carboxylic acids is 1. The standard InChI is InChI=1S/C16H21N3O2.ClH/c1-21-12-16(6-8-18-9-7-16)11-19-15(20)14-4-2-13(10-17)3-5-14;/h2-5,18H,6-9,11-12H2,1H3,(H,19,20);1H. The van der Waals surface area contributed by atoms with Gasteiger partial charge in [0.25, 0.3) is 5.91 Å². The maximum Gasteiger partial charge on any atom is 0.251 e. The molecular weight excluding hydrogens is 302 g/mol. The number of nitrogens with zero attached hydrogens (tertiary/aromatic N) is 1. The summed E-state index contributed by atoms with van der Waals surface area (Å²) in [4.78, 5) is 12.2. The summed E-state index contributed by atoms with van der Waals surface area (Å²) in [6.45, 7) is 3.18. The maximum atomic E-state index is 12.2. The molecule has 1 aliphatic rings. The molecular formula is C16H22ClN3O2. The van der Waals surface area contributed by atoms with Crippen molar-refractivity contribution in [2.24, 2.45) is 5.41 Å². The van der Waals surface area contributed by atoms with E-state index in [4.69, 9.17) is 10.00 Å². The van der Waals surface area contributed by atoms with Crippen molar-refractivity contribution in [2.45, 2.75) is 12.8 Å². The van der Waals surface area contributed by atoms with Crippen LogP contribution >= 0.6 is 12.4 Å². The Morgan fingerprint density at radius 3 is 2.55 bits per heavy atom. The summed E-state index contributed by atoms with van der Waals surface area (Å²) in [5.74, 6) is -0.103. The maximum absolute atomic E-state index is 12.2. The molecule has 2 rings (SSSR count). The molecule has 1 aromatic carbocycles. The van der Waals surface area contributed by atoms with Gasteiger partial charge in [-0.15, -0.1) is 12.4 Å². The molecule has 0 saturated carbocycles. The molecule has 5 nitrogen and oxygen atoms in total. The van der Waals surface area contributed by atoms with E-state index in [1.165, 1.54) is 0 Å². The Balaban J connectivity index is 0.00000242. The Labute approximate surface area is 137 Å². The highest BCUT2D eigenvalue weighted by molar-refractivity contribution is 5.94. The zero-order valence-electron chi connectivity index (χ0n) is 12.7. The average Bonchev–Trinajstić information content (AvgIpc) is 2.54. The van der Waals surface area contributed by atoms with E-state index < -0.39 is 0 Å². The second kappa shape index (κ2) is 8.74. The lowest BCUT2D eigenvalue weighted by atomic mass is 9.79. The molecule has 0 atom stereocenters. The lowest BCUT2D eigenvalue weighted by molar-refractivity contribution is 0.0512. The Morgan fingerprint density at radius 1 is 1.36 bits per heavy atom. The largest absolute Gasteiger partial charge is 0.384 e. The number of hydrogen-bond donors (Lipinski definition) is 2. The lowest BCUT2D eigenvalue weighted by Crippen LogP contribution is -2.47. The fourth-order valence-corrected chi connectivity index (χ4v) is 2.70. The van der Waals surface area contributed by atoms with Gasteiger partial charge in [0, 0.05) is 24.6 Å². The van der Waals surface area contributed by atoms with Crippen LogP contribution in [-0.4, -0.2) is 39.3 Å². The van der Waals surface area contributed by atoms with E-state index in [0.717, 1.165) is 25.9 Å². The number of carbonyl (C=O) groups is 1. The third-order valence-corrected chi connectivity index (χ3v) is 4.01. The second-order valence-electron chi connectivity index (χ2n) is 5.55. The molecule has 0 aromatic heterocycles. The van der Waals surface area contributed by atoms with Crippen LogP contribution in [0.1, 0.15) is 28.8 Å². The molecule has 6 heteroatoms. The highest BCUT2D eigenvalue weighted by Gasteiger charge is 2.32. The molecule has 0 aliphatic carbocycles. The molecule has 22 heavy (non-hydrogen) atoms. The van der Waals surface area contributed by atoms with Crippen LogP contribution in [0.3, 0.4) is 0 Å². The third kappa shape index (κ3) is 4.70. The number of nitrogens with one attached hydrogen (secondary N) is 2. The number of piperidine rings is 1. The van der Waals surface area contributed by atoms with Gasteiger partial charge in [-0.2, -0.15) is 5.26 Å². The molecule has 0 spiro atoms. The van der Waals surface area contributed by atoms with E-state index >= 15 is 0 Å². The van der Waals surface area contributed by atoms with E-state index in [1.54, 1.807) is 31.4 Å². The highest BCUT2D eigenvalue weighted by atomic mass is 35.5. The van der Waals surface area contributed by atoms with Gasteiger partial charge < -0.3 is 15.4 Å². The number of ether oxygens (including phenoxy) is 1. The molecule has 0 unspecified atom stereocenters. The van der Waals surface area contributed by atoms with Gasteiger partial charge in [-0.25, -0.2) is 0 Å². The van der Waals surface area contributed by atoms with Crippen LogP contribution in [0.5, 0.6) is 0 Å². The summed E-state index contributed by atoms with van der Waals surface area (Å²) in [6, 6.07) is 8.72. The van der Waals surface area contributed by atoms with Crippen molar-refractivity contribution in [1.82, 2.24) is 10.6 Å². The predicted octanol–water partition coefficient (Wildman–Crippen LogP) is 1.73. The van der Waals surface area contributed by atoms with Gasteiger partial charge in [-0.1, -0.05) is 0 Å². The van der Waals surface area contributed by atoms with Crippen molar-refractivity contribution in [1.29, 1.82) is 5.26 Å². The van der Waals surface area contributed by atoms with Crippen molar-refractivity contribution in [2.75, 3.05) is 33.4 Å². The summed E-state index contributed by atoms with van der Waals surface area (Å²) in [5, 5.41) is 15.1. The number of amides is 1. The summed E-state index contributed by atoms with van der Waals surface area (Å²) in [5.41, 5.74) is 1.15. The number of nitriles is 1. The first-order valence-corrected chi connectivity index (χ1v) is 7.17. The zero-order chi connectivity index (χ0) is 15.1. The first-order valence-electron chi connectivity index (χ1n) is 7.17. The van der Waals surface area contributed by atoms with E-state index in [9.17, 15) is 4.79 Å². The fraction of sp³-hybridized carbons (Fsp3) is 0.500. The van der Waals surface area contributed by atoms with Crippen molar-refractivity contribution in [3.8, 4) is 6.07 Å². The van der Waals surface area contributed by atoms with Crippen molar-refractivity contribution in [3.05, 3.63) is 35.4 Å². The normalized spacial score (nSPS) is 16.2. The Morgan fingerprint density at radius 2 is 2.00 bits per heavy atom. The molecule has 2 N–H and O–H groups in total. The van der Waals surface area contributed by atoms with Gasteiger partial charge in [-0.3, -0.25) is 4.79 Å². The number of benzene rings is 1. The number of hydrogen-bond acceptors (Lipinski definition) is 4. The van der Waals surface area contributed by atoms with E-state index in [2.05, 4.69) is 10.6 Å². The summed E-state index contributed by atoms with van der Waals surface area (Å²) >= 11 is 0. The summed E-state index contributed by atoms with van der Waals surface area (Å²) in [7, 11) is 1.70. The first kappa shape index (κ1) is 18.4. The van der Waals surface area contributed by atoms with Gasteiger partial charge in [0.15, 0.2) is 0 Å². The van der Waals surface area contributed by atoms with Gasteiger partial charge in [0.2, 0.25) is 0 Å². The summed E-state index contributed by atoms with van der Waals surface area (Å²) in [6.07, 6.45) is 1.99. The van der Waals surface area contributed by atoms with Crippen molar-refractivity contribution in [3.63, 3.8) is 0 Å². The molecule has 1 amide bonds. The summed E-state index contributed by atoms with van der Waals surface area (Å²) < 4.78 is 5.34.